The number of hydrogen-bond donors (Lipinski definition) is 1. The Morgan fingerprint density at radius 3 is 2.55 bits per heavy atom. The number of benzene rings is 2. The van der Waals surface area contributed by atoms with Crippen molar-refractivity contribution in [2.75, 3.05) is 18.2 Å². The molecular formula is C24H29BrN4O3S. The number of anilines is 1. The molecule has 0 aliphatic rings. The van der Waals surface area contributed by atoms with Crippen LogP contribution in [0.15, 0.2) is 52.1 Å². The number of amides is 1. The molecule has 0 bridgehead atoms. The zero-order valence-corrected chi connectivity index (χ0v) is 21.9. The lowest BCUT2D eigenvalue weighted by Gasteiger charge is -2.19. The molecule has 2 aromatic carbocycles. The van der Waals surface area contributed by atoms with Gasteiger partial charge in [-0.2, -0.15) is 0 Å². The molecule has 0 aliphatic heterocycles. The molecular weight excluding hydrogens is 504 g/mol. The monoisotopic (exact) mass is 532 g/mol. The van der Waals surface area contributed by atoms with Crippen LogP contribution in [0.25, 0.3) is 0 Å². The molecule has 0 fully saturated rings. The maximum atomic E-state index is 12.5. The van der Waals surface area contributed by atoms with Gasteiger partial charge in [0.2, 0.25) is 5.91 Å². The molecule has 1 heterocycles. The van der Waals surface area contributed by atoms with Crippen LogP contribution >= 0.6 is 27.7 Å². The van der Waals surface area contributed by atoms with E-state index in [9.17, 15) is 4.79 Å². The van der Waals surface area contributed by atoms with E-state index in [0.29, 0.717) is 28.4 Å². The molecule has 0 spiro atoms. The minimum absolute atomic E-state index is 0.0966. The van der Waals surface area contributed by atoms with Crippen LogP contribution in [0.1, 0.15) is 38.3 Å². The van der Waals surface area contributed by atoms with E-state index in [1.807, 2.05) is 60.9 Å². The molecule has 1 amide bonds. The predicted molar refractivity (Wildman–Crippen MR) is 135 cm³/mol. The van der Waals surface area contributed by atoms with Crippen LogP contribution in [0.4, 0.5) is 5.69 Å². The molecule has 9 heteroatoms. The summed E-state index contributed by atoms with van der Waals surface area (Å²) in [6, 6.07) is 13.2. The second-order valence-electron chi connectivity index (χ2n) is 8.06. The Hall–Kier alpha value is -2.52. The first-order valence-electron chi connectivity index (χ1n) is 10.7. The molecule has 1 unspecified atom stereocenters. The van der Waals surface area contributed by atoms with Crippen LogP contribution in [0.5, 0.6) is 11.5 Å². The van der Waals surface area contributed by atoms with E-state index in [4.69, 9.17) is 9.47 Å². The summed E-state index contributed by atoms with van der Waals surface area (Å²) in [6.07, 6.45) is -0.346. The van der Waals surface area contributed by atoms with Gasteiger partial charge in [-0.25, -0.2) is 0 Å². The van der Waals surface area contributed by atoms with E-state index in [2.05, 4.69) is 45.3 Å². The summed E-state index contributed by atoms with van der Waals surface area (Å²) in [5.41, 5.74) is 1.83. The van der Waals surface area contributed by atoms with Crippen molar-refractivity contribution in [3.05, 3.63) is 58.3 Å². The number of nitrogens with one attached hydrogen (secondary N) is 1. The van der Waals surface area contributed by atoms with Crippen molar-refractivity contribution < 1.29 is 14.3 Å². The van der Waals surface area contributed by atoms with Crippen molar-refractivity contribution in [2.24, 2.45) is 5.92 Å². The lowest BCUT2D eigenvalue weighted by molar-refractivity contribution is -0.113. The Bertz CT molecular complexity index is 1100. The van der Waals surface area contributed by atoms with Gasteiger partial charge < -0.3 is 19.4 Å². The van der Waals surface area contributed by atoms with E-state index in [1.54, 1.807) is 7.11 Å². The Morgan fingerprint density at radius 1 is 1.15 bits per heavy atom. The molecule has 7 nitrogen and oxygen atoms in total. The minimum Gasteiger partial charge on any atom is -0.493 e. The Kier molecular flexibility index (Phi) is 8.80. The molecule has 0 radical (unpaired) electrons. The van der Waals surface area contributed by atoms with Crippen molar-refractivity contribution in [1.29, 1.82) is 0 Å². The fourth-order valence-corrected chi connectivity index (χ4v) is 4.25. The zero-order valence-electron chi connectivity index (χ0n) is 19.5. The van der Waals surface area contributed by atoms with Gasteiger partial charge in [0, 0.05) is 16.7 Å². The summed E-state index contributed by atoms with van der Waals surface area (Å²) in [5, 5.41) is 12.4. The van der Waals surface area contributed by atoms with Crippen LogP contribution in [-0.2, 0) is 11.3 Å². The third kappa shape index (κ3) is 6.74. The fourth-order valence-electron chi connectivity index (χ4n) is 3.25. The maximum absolute atomic E-state index is 12.5. The first-order valence-corrected chi connectivity index (χ1v) is 12.5. The van der Waals surface area contributed by atoms with Crippen molar-refractivity contribution in [3.8, 4) is 11.5 Å². The number of methoxy groups -OCH3 is 1. The highest BCUT2D eigenvalue weighted by atomic mass is 79.9. The molecule has 0 saturated heterocycles. The fraction of sp³-hybridized carbons (Fsp3) is 0.375. The number of aromatic nitrogens is 3. The van der Waals surface area contributed by atoms with Gasteiger partial charge in [-0.15, -0.1) is 10.2 Å². The van der Waals surface area contributed by atoms with Crippen molar-refractivity contribution in [2.45, 2.75) is 45.5 Å². The van der Waals surface area contributed by atoms with Crippen LogP contribution in [0, 0.1) is 12.8 Å². The van der Waals surface area contributed by atoms with Gasteiger partial charge in [0.25, 0.3) is 0 Å². The first-order chi connectivity index (χ1) is 15.8. The Morgan fingerprint density at radius 2 is 1.88 bits per heavy atom. The van der Waals surface area contributed by atoms with Crippen molar-refractivity contribution in [1.82, 2.24) is 14.8 Å². The van der Waals surface area contributed by atoms with Crippen LogP contribution in [0.3, 0.4) is 0 Å². The third-order valence-corrected chi connectivity index (χ3v) is 6.66. The maximum Gasteiger partial charge on any atom is 0.234 e. The average molecular weight is 533 g/mol. The summed E-state index contributed by atoms with van der Waals surface area (Å²) >= 11 is 4.84. The number of para-hydroxylation sites is 2. The summed E-state index contributed by atoms with van der Waals surface area (Å²) in [7, 11) is 1.61. The Balaban J connectivity index is 1.71. The smallest absolute Gasteiger partial charge is 0.234 e. The molecule has 0 aliphatic carbocycles. The molecule has 3 aromatic rings. The van der Waals surface area contributed by atoms with Gasteiger partial charge in [-0.3, -0.25) is 4.79 Å². The Labute approximate surface area is 207 Å². The summed E-state index contributed by atoms with van der Waals surface area (Å²) < 4.78 is 14.6. The number of carbonyl (C=O) groups is 1. The van der Waals surface area contributed by atoms with E-state index in [-0.39, 0.29) is 17.8 Å². The number of aryl methyl sites for hydroxylation is 1. The summed E-state index contributed by atoms with van der Waals surface area (Å²) in [5.74, 6) is 2.52. The minimum atomic E-state index is -0.346. The second-order valence-corrected chi connectivity index (χ2v) is 9.85. The second kappa shape index (κ2) is 11.6. The van der Waals surface area contributed by atoms with Gasteiger partial charge >= 0.3 is 0 Å². The predicted octanol–water partition coefficient (Wildman–Crippen LogP) is 5.88. The van der Waals surface area contributed by atoms with Gasteiger partial charge in [-0.05, 0) is 55.7 Å². The SMILES string of the molecule is COc1ccccc1OC(C)c1nnc(SCC(=O)Nc2ccc(Br)c(C)c2)n1CC(C)C. The normalized spacial score (nSPS) is 12.0. The molecule has 1 atom stereocenters. The molecule has 33 heavy (non-hydrogen) atoms. The molecule has 1 aromatic heterocycles. The van der Waals surface area contributed by atoms with Crippen molar-refractivity contribution >= 4 is 39.3 Å². The highest BCUT2D eigenvalue weighted by Gasteiger charge is 2.22. The molecule has 1 N–H and O–H groups in total. The van der Waals surface area contributed by atoms with E-state index >= 15 is 0 Å². The number of nitrogens with zero attached hydrogens (tertiary/aromatic N) is 3. The van der Waals surface area contributed by atoms with Gasteiger partial charge in [0.15, 0.2) is 28.6 Å². The van der Waals surface area contributed by atoms with Crippen LogP contribution in [-0.4, -0.2) is 33.5 Å². The summed E-state index contributed by atoms with van der Waals surface area (Å²) in [6.45, 7) is 8.90. The molecule has 3 rings (SSSR count). The van der Waals surface area contributed by atoms with Gasteiger partial charge in [0.05, 0.1) is 12.9 Å². The van der Waals surface area contributed by atoms with Gasteiger partial charge in [-0.1, -0.05) is 53.7 Å². The average Bonchev–Trinajstić information content (AvgIpc) is 3.17. The van der Waals surface area contributed by atoms with Gasteiger partial charge in [0.1, 0.15) is 0 Å². The number of hydrogen-bond acceptors (Lipinski definition) is 6. The number of halogens is 1. The lowest BCUT2D eigenvalue weighted by atomic mass is 10.2. The first kappa shape index (κ1) is 25.1. The zero-order chi connectivity index (χ0) is 24.0. The quantitative estimate of drug-likeness (QED) is 0.328. The van der Waals surface area contributed by atoms with E-state index < -0.39 is 0 Å². The van der Waals surface area contributed by atoms with Crippen molar-refractivity contribution in [3.63, 3.8) is 0 Å². The standard InChI is InChI=1S/C24H29BrN4O3S/c1-15(2)13-29-23(17(4)32-21-9-7-6-8-20(21)31-5)27-28-24(29)33-14-22(30)26-18-10-11-19(25)16(3)12-18/h6-12,15,17H,13-14H2,1-5H3,(H,26,30). The third-order valence-electron chi connectivity index (χ3n) is 4.80. The largest absolute Gasteiger partial charge is 0.493 e. The van der Waals surface area contributed by atoms with E-state index in [0.717, 1.165) is 22.3 Å². The van der Waals surface area contributed by atoms with Crippen LogP contribution in [0.2, 0.25) is 0 Å². The molecule has 176 valence electrons. The highest BCUT2D eigenvalue weighted by Crippen LogP contribution is 2.31. The topological polar surface area (TPSA) is 78.3 Å². The number of rotatable bonds is 10. The number of ether oxygens (including phenoxy) is 2. The summed E-state index contributed by atoms with van der Waals surface area (Å²) in [4.78, 5) is 12.5. The molecule has 0 saturated carbocycles. The van der Waals surface area contributed by atoms with Crippen LogP contribution < -0.4 is 14.8 Å². The van der Waals surface area contributed by atoms with E-state index in [1.165, 1.54) is 11.8 Å². The highest BCUT2D eigenvalue weighted by molar-refractivity contribution is 9.10. The number of carbonyl (C=O) groups excluding carboxylic acids is 1. The number of thioether (sulfide) groups is 1. The lowest BCUT2D eigenvalue weighted by Crippen LogP contribution is -2.17.